The Labute approximate surface area is 182 Å². The van der Waals surface area contributed by atoms with E-state index in [2.05, 4.69) is 38.5 Å². The summed E-state index contributed by atoms with van der Waals surface area (Å²) < 4.78 is 0. The van der Waals surface area contributed by atoms with Crippen LogP contribution in [0.25, 0.3) is 10.8 Å². The summed E-state index contributed by atoms with van der Waals surface area (Å²) in [7, 11) is 0. The Balaban J connectivity index is 1.28. The van der Waals surface area contributed by atoms with Crippen molar-refractivity contribution in [3.63, 3.8) is 0 Å². The first-order valence-corrected chi connectivity index (χ1v) is 10.8. The molecule has 2 aromatic carbocycles. The highest BCUT2D eigenvalue weighted by Crippen LogP contribution is 2.29. The molecule has 0 aliphatic carbocycles. The molecule has 2 amide bonds. The van der Waals surface area contributed by atoms with E-state index in [1.165, 1.54) is 29.9 Å². The van der Waals surface area contributed by atoms with Gasteiger partial charge in [-0.2, -0.15) is 0 Å². The maximum atomic E-state index is 13.0. The van der Waals surface area contributed by atoms with Gasteiger partial charge in [0.2, 0.25) is 5.91 Å². The summed E-state index contributed by atoms with van der Waals surface area (Å²) in [6, 6.07) is 14.2. The number of nitrogens with zero attached hydrogens (tertiary/aromatic N) is 4. The predicted octanol–water partition coefficient (Wildman–Crippen LogP) is 3.47. The number of rotatable bonds is 4. The first-order chi connectivity index (χ1) is 15.2. The zero-order valence-corrected chi connectivity index (χ0v) is 17.4. The third-order valence-corrected chi connectivity index (χ3v) is 6.32. The normalized spacial score (nSPS) is 13.1. The second-order valence-electron chi connectivity index (χ2n) is 7.31. The fourth-order valence-corrected chi connectivity index (χ4v) is 4.78. The van der Waals surface area contributed by atoms with Crippen LogP contribution in [0.1, 0.15) is 26.6 Å². The van der Waals surface area contributed by atoms with Crippen molar-refractivity contribution >= 4 is 39.1 Å². The Morgan fingerprint density at radius 2 is 1.97 bits per heavy atom. The Morgan fingerprint density at radius 3 is 2.84 bits per heavy atom. The van der Waals surface area contributed by atoms with Crippen LogP contribution in [0, 0.1) is 0 Å². The highest BCUT2D eigenvalue weighted by Gasteiger charge is 2.25. The first kappa shape index (κ1) is 19.3. The molecular weight excluding hydrogens is 410 g/mol. The molecular formula is C23H19N5O2S. The zero-order valence-electron chi connectivity index (χ0n) is 16.6. The third kappa shape index (κ3) is 4.02. The molecule has 4 aromatic rings. The number of hydrogen-bond donors (Lipinski definition) is 1. The van der Waals surface area contributed by atoms with E-state index >= 15 is 0 Å². The van der Waals surface area contributed by atoms with Gasteiger partial charge in [-0.1, -0.05) is 53.8 Å². The van der Waals surface area contributed by atoms with E-state index in [0.29, 0.717) is 31.1 Å². The van der Waals surface area contributed by atoms with Gasteiger partial charge in [-0.05, 0) is 16.3 Å². The second-order valence-corrected chi connectivity index (χ2v) is 8.40. The van der Waals surface area contributed by atoms with E-state index in [1.807, 2.05) is 29.2 Å². The van der Waals surface area contributed by atoms with Gasteiger partial charge >= 0.3 is 0 Å². The van der Waals surface area contributed by atoms with Crippen molar-refractivity contribution in [2.45, 2.75) is 19.4 Å². The highest BCUT2D eigenvalue weighted by molar-refractivity contribution is 7.15. The number of carbonyl (C=O) groups is 2. The number of thiazole rings is 1. The zero-order chi connectivity index (χ0) is 21.2. The number of anilines is 1. The largest absolute Gasteiger partial charge is 0.337 e. The molecule has 0 unspecified atom stereocenters. The Hall–Kier alpha value is -3.65. The van der Waals surface area contributed by atoms with Crippen LogP contribution >= 0.6 is 11.3 Å². The van der Waals surface area contributed by atoms with Gasteiger partial charge in [0.1, 0.15) is 5.69 Å². The van der Waals surface area contributed by atoms with Gasteiger partial charge < -0.3 is 4.90 Å². The molecule has 5 rings (SSSR count). The van der Waals surface area contributed by atoms with E-state index in [0.717, 1.165) is 26.9 Å². The van der Waals surface area contributed by atoms with Crippen molar-refractivity contribution in [3.05, 3.63) is 82.9 Å². The maximum absolute atomic E-state index is 13.0. The molecule has 1 N–H and O–H groups in total. The lowest BCUT2D eigenvalue weighted by molar-refractivity contribution is -0.131. The van der Waals surface area contributed by atoms with Crippen LogP contribution in [0.5, 0.6) is 0 Å². The molecule has 0 spiro atoms. The van der Waals surface area contributed by atoms with Crippen LogP contribution in [0.4, 0.5) is 5.13 Å². The fraction of sp³-hybridized carbons (Fsp3) is 0.174. The van der Waals surface area contributed by atoms with Gasteiger partial charge in [0, 0.05) is 30.2 Å². The van der Waals surface area contributed by atoms with Gasteiger partial charge in [-0.25, -0.2) is 9.97 Å². The van der Waals surface area contributed by atoms with Crippen molar-refractivity contribution in [1.82, 2.24) is 19.9 Å². The van der Waals surface area contributed by atoms with Crippen LogP contribution in [-0.4, -0.2) is 38.2 Å². The van der Waals surface area contributed by atoms with Gasteiger partial charge in [0.25, 0.3) is 5.91 Å². The maximum Gasteiger partial charge on any atom is 0.277 e. The molecule has 2 aromatic heterocycles. The third-order valence-electron chi connectivity index (χ3n) is 5.32. The standard InChI is InChI=1S/C23H19N5O2S/c29-21(12-16-6-3-5-15-4-1-2-7-17(15)16)28-11-8-18-20(14-28)31-23(26-18)27-22(30)19-13-24-9-10-25-19/h1-7,9-10,13H,8,11-12,14H2,(H,26,27,30). The molecule has 7 nitrogen and oxygen atoms in total. The Bertz CT molecular complexity index is 1270. The molecule has 31 heavy (non-hydrogen) atoms. The predicted molar refractivity (Wildman–Crippen MR) is 119 cm³/mol. The van der Waals surface area contributed by atoms with Crippen LogP contribution in [-0.2, 0) is 24.2 Å². The number of carbonyl (C=O) groups excluding carboxylic acids is 2. The van der Waals surface area contributed by atoms with E-state index < -0.39 is 0 Å². The molecule has 1 aliphatic heterocycles. The summed E-state index contributed by atoms with van der Waals surface area (Å²) in [6.45, 7) is 1.13. The van der Waals surface area contributed by atoms with Gasteiger partial charge in [-0.3, -0.25) is 19.9 Å². The lowest BCUT2D eigenvalue weighted by Crippen LogP contribution is -2.36. The van der Waals surface area contributed by atoms with Crippen molar-refractivity contribution in [2.24, 2.45) is 0 Å². The minimum absolute atomic E-state index is 0.0977. The molecule has 0 saturated carbocycles. The average molecular weight is 430 g/mol. The first-order valence-electron chi connectivity index (χ1n) is 9.98. The van der Waals surface area contributed by atoms with Crippen molar-refractivity contribution in [1.29, 1.82) is 0 Å². The van der Waals surface area contributed by atoms with Gasteiger partial charge in [0.05, 0.1) is 24.9 Å². The van der Waals surface area contributed by atoms with Crippen LogP contribution in [0.15, 0.2) is 61.1 Å². The van der Waals surface area contributed by atoms with Crippen LogP contribution in [0.3, 0.4) is 0 Å². The van der Waals surface area contributed by atoms with E-state index in [1.54, 1.807) is 0 Å². The van der Waals surface area contributed by atoms with Crippen molar-refractivity contribution in [2.75, 3.05) is 11.9 Å². The van der Waals surface area contributed by atoms with Crippen molar-refractivity contribution in [3.8, 4) is 0 Å². The summed E-state index contributed by atoms with van der Waals surface area (Å²) in [5.74, 6) is -0.247. The smallest absolute Gasteiger partial charge is 0.277 e. The Kier molecular flexibility index (Phi) is 5.13. The molecule has 8 heteroatoms. The lowest BCUT2D eigenvalue weighted by atomic mass is 10.0. The topological polar surface area (TPSA) is 88.1 Å². The molecule has 0 radical (unpaired) electrons. The summed E-state index contributed by atoms with van der Waals surface area (Å²) in [5, 5.41) is 5.55. The van der Waals surface area contributed by atoms with Crippen LogP contribution < -0.4 is 5.32 Å². The fourth-order valence-electron chi connectivity index (χ4n) is 3.76. The summed E-state index contributed by atoms with van der Waals surface area (Å²) >= 11 is 1.40. The minimum Gasteiger partial charge on any atom is -0.337 e. The monoisotopic (exact) mass is 429 g/mol. The average Bonchev–Trinajstić information content (AvgIpc) is 3.21. The number of nitrogens with one attached hydrogen (secondary N) is 1. The quantitative estimate of drug-likeness (QED) is 0.537. The Morgan fingerprint density at radius 1 is 1.10 bits per heavy atom. The molecule has 0 saturated heterocycles. The molecule has 3 heterocycles. The number of fused-ring (bicyclic) bond motifs is 2. The summed E-state index contributed by atoms with van der Waals surface area (Å²) in [6.07, 6.45) is 5.44. The SMILES string of the molecule is O=C(Nc1nc2c(s1)CN(C(=O)Cc1cccc3ccccc13)CC2)c1cnccn1. The molecule has 1 aliphatic rings. The number of aromatic nitrogens is 3. The second kappa shape index (κ2) is 8.23. The minimum atomic E-state index is -0.344. The number of benzene rings is 2. The molecule has 154 valence electrons. The van der Waals surface area contributed by atoms with Gasteiger partial charge in [-0.15, -0.1) is 0 Å². The molecule has 0 fully saturated rings. The summed E-state index contributed by atoms with van der Waals surface area (Å²) in [4.78, 5) is 40.6. The van der Waals surface area contributed by atoms with E-state index in [4.69, 9.17) is 0 Å². The van der Waals surface area contributed by atoms with E-state index in [9.17, 15) is 9.59 Å². The molecule has 0 bridgehead atoms. The van der Waals surface area contributed by atoms with Gasteiger partial charge in [0.15, 0.2) is 5.13 Å². The number of hydrogen-bond acceptors (Lipinski definition) is 6. The molecule has 0 atom stereocenters. The van der Waals surface area contributed by atoms with Crippen molar-refractivity contribution < 1.29 is 9.59 Å². The highest BCUT2D eigenvalue weighted by atomic mass is 32.1. The lowest BCUT2D eigenvalue weighted by Gasteiger charge is -2.26. The number of amides is 2. The summed E-state index contributed by atoms with van der Waals surface area (Å²) in [5.41, 5.74) is 2.21. The van der Waals surface area contributed by atoms with E-state index in [-0.39, 0.29) is 17.5 Å². The van der Waals surface area contributed by atoms with Crippen LogP contribution in [0.2, 0.25) is 0 Å².